The summed E-state index contributed by atoms with van der Waals surface area (Å²) < 4.78 is 0. The van der Waals surface area contributed by atoms with E-state index in [1.165, 1.54) is 99.8 Å². The molecular formula is C58H40. The van der Waals surface area contributed by atoms with Crippen LogP contribution in [0.2, 0.25) is 0 Å². The van der Waals surface area contributed by atoms with Crippen LogP contribution in [-0.4, -0.2) is 0 Å². The van der Waals surface area contributed by atoms with Crippen molar-refractivity contribution >= 4 is 10.8 Å². The molecule has 10 rings (SSSR count). The van der Waals surface area contributed by atoms with Crippen LogP contribution < -0.4 is 0 Å². The minimum absolute atomic E-state index is 1.18. The van der Waals surface area contributed by atoms with Crippen molar-refractivity contribution in [2.75, 3.05) is 0 Å². The normalized spacial score (nSPS) is 11.1. The third-order valence-electron chi connectivity index (χ3n) is 11.3. The highest BCUT2D eigenvalue weighted by molar-refractivity contribution is 6.18. The summed E-state index contributed by atoms with van der Waals surface area (Å²) in [6, 6.07) is 88.3. The molecule has 0 bridgehead atoms. The maximum atomic E-state index is 2.32. The molecule has 0 unspecified atom stereocenters. The Hall–Kier alpha value is -7.54. The molecule has 0 nitrogen and oxygen atoms in total. The van der Waals surface area contributed by atoms with Crippen LogP contribution in [0.4, 0.5) is 0 Å². The number of rotatable bonds is 8. The standard InChI is InChI=1S/C58H40/c1-5-15-41(16-6-1)45-25-33-49(34-26-45)55-53-23-13-14-24-54(53)56(50-35-27-46(28-36-50)42-17-7-2-8-18-42)58(52-39-31-48(32-40-52)44-21-11-4-12-22-44)57(55)51-37-29-47(30-38-51)43-19-9-3-10-20-43/h1-40H. The van der Waals surface area contributed by atoms with Crippen LogP contribution in [0.15, 0.2) is 243 Å². The lowest BCUT2D eigenvalue weighted by atomic mass is 9.78. The van der Waals surface area contributed by atoms with Crippen molar-refractivity contribution in [3.05, 3.63) is 243 Å². The Morgan fingerprint density at radius 1 is 0.121 bits per heavy atom. The van der Waals surface area contributed by atoms with Crippen molar-refractivity contribution in [2.24, 2.45) is 0 Å². The molecule has 0 aliphatic rings. The Kier molecular flexibility index (Phi) is 9.35. The number of hydrogen-bond acceptors (Lipinski definition) is 0. The Morgan fingerprint density at radius 3 is 0.534 bits per heavy atom. The molecule has 0 heterocycles. The van der Waals surface area contributed by atoms with Gasteiger partial charge in [0.1, 0.15) is 0 Å². The lowest BCUT2D eigenvalue weighted by Crippen LogP contribution is -1.98. The van der Waals surface area contributed by atoms with Gasteiger partial charge in [0.15, 0.2) is 0 Å². The van der Waals surface area contributed by atoms with Crippen molar-refractivity contribution in [3.63, 3.8) is 0 Å². The number of fused-ring (bicyclic) bond motifs is 1. The summed E-state index contributed by atoms with van der Waals surface area (Å²) in [6.45, 7) is 0. The molecule has 0 spiro atoms. The zero-order valence-corrected chi connectivity index (χ0v) is 32.1. The second-order valence-electron chi connectivity index (χ2n) is 14.8. The summed E-state index contributed by atoms with van der Waals surface area (Å²) in [7, 11) is 0. The molecule has 0 radical (unpaired) electrons. The molecule has 10 aromatic carbocycles. The first-order valence-electron chi connectivity index (χ1n) is 20.0. The van der Waals surface area contributed by atoms with E-state index in [9.17, 15) is 0 Å². The predicted molar refractivity (Wildman–Crippen MR) is 247 cm³/mol. The Morgan fingerprint density at radius 2 is 0.293 bits per heavy atom. The van der Waals surface area contributed by atoms with Gasteiger partial charge >= 0.3 is 0 Å². The summed E-state index contributed by atoms with van der Waals surface area (Å²) in [5.41, 5.74) is 19.3. The monoisotopic (exact) mass is 736 g/mol. The fraction of sp³-hybridized carbons (Fsp3) is 0. The van der Waals surface area contributed by atoms with Crippen LogP contribution in [0.5, 0.6) is 0 Å². The van der Waals surface area contributed by atoms with Crippen LogP contribution >= 0.6 is 0 Å². The third kappa shape index (κ3) is 6.72. The quantitative estimate of drug-likeness (QED) is 0.146. The van der Waals surface area contributed by atoms with Gasteiger partial charge in [-0.05, 0) is 99.8 Å². The fourth-order valence-corrected chi connectivity index (χ4v) is 8.46. The molecule has 272 valence electrons. The molecule has 0 aliphatic carbocycles. The van der Waals surface area contributed by atoms with Gasteiger partial charge < -0.3 is 0 Å². The highest BCUT2D eigenvalue weighted by atomic mass is 14.3. The van der Waals surface area contributed by atoms with E-state index in [2.05, 4.69) is 243 Å². The molecule has 0 aliphatic heterocycles. The highest BCUT2D eigenvalue weighted by Crippen LogP contribution is 2.51. The van der Waals surface area contributed by atoms with Crippen LogP contribution in [0, 0.1) is 0 Å². The van der Waals surface area contributed by atoms with Crippen LogP contribution in [0.3, 0.4) is 0 Å². The molecule has 0 amide bonds. The highest BCUT2D eigenvalue weighted by Gasteiger charge is 2.24. The smallest absolute Gasteiger partial charge is 0.00141 e. The van der Waals surface area contributed by atoms with Gasteiger partial charge in [-0.2, -0.15) is 0 Å². The van der Waals surface area contributed by atoms with Gasteiger partial charge in [-0.3, -0.25) is 0 Å². The molecule has 10 aromatic rings. The number of benzene rings is 10. The third-order valence-corrected chi connectivity index (χ3v) is 11.3. The van der Waals surface area contributed by atoms with E-state index in [-0.39, 0.29) is 0 Å². The lowest BCUT2D eigenvalue weighted by Gasteiger charge is -2.25. The summed E-state index contributed by atoms with van der Waals surface area (Å²) in [5.74, 6) is 0. The molecule has 0 saturated carbocycles. The van der Waals surface area contributed by atoms with E-state index in [1.54, 1.807) is 0 Å². The topological polar surface area (TPSA) is 0 Å². The summed E-state index contributed by atoms with van der Waals surface area (Å²) >= 11 is 0. The van der Waals surface area contributed by atoms with Gasteiger partial charge in [0.2, 0.25) is 0 Å². The minimum Gasteiger partial charge on any atom is -0.0622 e. The van der Waals surface area contributed by atoms with Crippen molar-refractivity contribution in [1.82, 2.24) is 0 Å². The Balaban J connectivity index is 1.27. The number of hydrogen-bond donors (Lipinski definition) is 0. The van der Waals surface area contributed by atoms with Gasteiger partial charge in [0.25, 0.3) is 0 Å². The van der Waals surface area contributed by atoms with Crippen LogP contribution in [-0.2, 0) is 0 Å². The first-order valence-corrected chi connectivity index (χ1v) is 20.0. The first kappa shape index (κ1) is 34.9. The minimum atomic E-state index is 1.18. The van der Waals surface area contributed by atoms with E-state index in [4.69, 9.17) is 0 Å². The van der Waals surface area contributed by atoms with Crippen molar-refractivity contribution in [1.29, 1.82) is 0 Å². The molecule has 0 saturated heterocycles. The molecule has 0 aromatic heterocycles. The van der Waals surface area contributed by atoms with Crippen LogP contribution in [0.1, 0.15) is 0 Å². The zero-order chi connectivity index (χ0) is 38.7. The van der Waals surface area contributed by atoms with Crippen molar-refractivity contribution in [2.45, 2.75) is 0 Å². The average molecular weight is 737 g/mol. The molecule has 0 fully saturated rings. The maximum Gasteiger partial charge on any atom is -0.00141 e. The first-order chi connectivity index (χ1) is 28.8. The Bertz CT molecular complexity index is 2740. The molecule has 0 atom stereocenters. The fourth-order valence-electron chi connectivity index (χ4n) is 8.46. The molecule has 58 heavy (non-hydrogen) atoms. The van der Waals surface area contributed by atoms with E-state index < -0.39 is 0 Å². The van der Waals surface area contributed by atoms with Gasteiger partial charge in [-0.25, -0.2) is 0 Å². The van der Waals surface area contributed by atoms with Gasteiger partial charge in [0.05, 0.1) is 0 Å². The van der Waals surface area contributed by atoms with E-state index in [0.717, 1.165) is 0 Å². The van der Waals surface area contributed by atoms with Gasteiger partial charge in [-0.15, -0.1) is 0 Å². The summed E-state index contributed by atoms with van der Waals surface area (Å²) in [4.78, 5) is 0. The lowest BCUT2D eigenvalue weighted by molar-refractivity contribution is 1.55. The molecule has 0 N–H and O–H groups in total. The van der Waals surface area contributed by atoms with Crippen molar-refractivity contribution < 1.29 is 0 Å². The average Bonchev–Trinajstić information content (AvgIpc) is 3.32. The Labute approximate surface area is 341 Å². The summed E-state index contributed by atoms with van der Waals surface area (Å²) in [5, 5.41) is 2.45. The predicted octanol–water partition coefficient (Wildman–Crippen LogP) is 16.2. The second kappa shape index (κ2) is 15.5. The zero-order valence-electron chi connectivity index (χ0n) is 32.1. The van der Waals surface area contributed by atoms with Gasteiger partial charge in [0, 0.05) is 0 Å². The van der Waals surface area contributed by atoms with E-state index in [1.807, 2.05) is 0 Å². The SMILES string of the molecule is c1ccc(-c2ccc(-c3c(-c4ccc(-c5ccccc5)cc4)c(-c4ccc(-c5ccccc5)cc4)c4ccccc4c3-c3ccc(-c4ccccc4)cc3)cc2)cc1. The second-order valence-corrected chi connectivity index (χ2v) is 14.8. The molecular weight excluding hydrogens is 697 g/mol. The largest absolute Gasteiger partial charge is 0.0622 e. The van der Waals surface area contributed by atoms with Gasteiger partial charge in [-0.1, -0.05) is 243 Å². The molecule has 0 heteroatoms. The maximum absolute atomic E-state index is 2.32. The van der Waals surface area contributed by atoms with Crippen molar-refractivity contribution in [3.8, 4) is 89.0 Å². The van der Waals surface area contributed by atoms with E-state index in [0.29, 0.717) is 0 Å². The van der Waals surface area contributed by atoms with Crippen LogP contribution in [0.25, 0.3) is 99.8 Å². The summed E-state index contributed by atoms with van der Waals surface area (Å²) in [6.07, 6.45) is 0. The van der Waals surface area contributed by atoms with E-state index >= 15 is 0 Å².